The van der Waals surface area contributed by atoms with Crippen molar-refractivity contribution >= 4 is 27.3 Å². The number of anilines is 1. The lowest BCUT2D eigenvalue weighted by atomic mass is 9.96. The van der Waals surface area contributed by atoms with Crippen molar-refractivity contribution in [1.82, 2.24) is 4.31 Å². The summed E-state index contributed by atoms with van der Waals surface area (Å²) < 4.78 is 27.7. The molecule has 0 unspecified atom stereocenters. The SMILES string of the molecule is CCCCN(C(=O)C1CCN(S(=O)(=O)c2cc([N+](=O)[O-])ccc2C)CC1)c1ccccc1. The van der Waals surface area contributed by atoms with Crippen LogP contribution in [-0.2, 0) is 14.8 Å². The molecule has 1 aliphatic rings. The van der Waals surface area contributed by atoms with Crippen LogP contribution < -0.4 is 4.90 Å². The molecule has 1 fully saturated rings. The van der Waals surface area contributed by atoms with Gasteiger partial charge in [-0.2, -0.15) is 4.31 Å². The molecule has 1 amide bonds. The van der Waals surface area contributed by atoms with Crippen LogP contribution in [0.2, 0.25) is 0 Å². The molecule has 0 saturated carbocycles. The first-order valence-electron chi connectivity index (χ1n) is 10.9. The van der Waals surface area contributed by atoms with Gasteiger partial charge in [-0.1, -0.05) is 37.6 Å². The minimum atomic E-state index is -3.88. The van der Waals surface area contributed by atoms with Crippen LogP contribution in [0.5, 0.6) is 0 Å². The minimum Gasteiger partial charge on any atom is -0.312 e. The van der Waals surface area contributed by atoms with E-state index >= 15 is 0 Å². The van der Waals surface area contributed by atoms with Crippen molar-refractivity contribution in [2.24, 2.45) is 5.92 Å². The maximum atomic E-state index is 13.3. The number of para-hydroxylation sites is 1. The lowest BCUT2D eigenvalue weighted by Gasteiger charge is -2.34. The number of hydrogen-bond acceptors (Lipinski definition) is 5. The number of unbranched alkanes of at least 4 members (excludes halogenated alkanes) is 1. The summed E-state index contributed by atoms with van der Waals surface area (Å²) in [7, 11) is -3.88. The van der Waals surface area contributed by atoms with E-state index < -0.39 is 14.9 Å². The van der Waals surface area contributed by atoms with Gasteiger partial charge in [-0.25, -0.2) is 8.42 Å². The van der Waals surface area contributed by atoms with Crippen LogP contribution in [0, 0.1) is 23.0 Å². The summed E-state index contributed by atoms with van der Waals surface area (Å²) in [6, 6.07) is 13.4. The summed E-state index contributed by atoms with van der Waals surface area (Å²) in [6.07, 6.45) is 2.69. The number of piperidine rings is 1. The molecule has 0 bridgehead atoms. The molecule has 0 aromatic heterocycles. The second kappa shape index (κ2) is 10.2. The predicted molar refractivity (Wildman–Crippen MR) is 123 cm³/mol. The summed E-state index contributed by atoms with van der Waals surface area (Å²) in [5.74, 6) is -0.238. The van der Waals surface area contributed by atoms with Crippen LogP contribution in [0.3, 0.4) is 0 Å². The van der Waals surface area contributed by atoms with Gasteiger partial charge in [0.15, 0.2) is 0 Å². The number of carbonyl (C=O) groups is 1. The zero-order chi connectivity index (χ0) is 23.3. The quantitative estimate of drug-likeness (QED) is 0.436. The van der Waals surface area contributed by atoms with Crippen molar-refractivity contribution in [3.63, 3.8) is 0 Å². The second-order valence-electron chi connectivity index (χ2n) is 8.06. The fraction of sp³-hybridized carbons (Fsp3) is 0.435. The minimum absolute atomic E-state index is 0.0215. The van der Waals surface area contributed by atoms with E-state index in [2.05, 4.69) is 6.92 Å². The molecule has 0 N–H and O–H groups in total. The first-order valence-corrected chi connectivity index (χ1v) is 12.3. The Bertz CT molecular complexity index is 1060. The van der Waals surface area contributed by atoms with Gasteiger partial charge >= 0.3 is 0 Å². The third kappa shape index (κ3) is 5.16. The molecule has 1 saturated heterocycles. The number of amides is 1. The molecule has 0 spiro atoms. The Morgan fingerprint density at radius 2 is 1.81 bits per heavy atom. The van der Waals surface area contributed by atoms with Gasteiger partial charge in [0.25, 0.3) is 5.69 Å². The number of benzene rings is 2. The number of nitro benzene ring substituents is 1. The smallest absolute Gasteiger partial charge is 0.270 e. The largest absolute Gasteiger partial charge is 0.312 e. The van der Waals surface area contributed by atoms with Gasteiger partial charge in [0.1, 0.15) is 0 Å². The first kappa shape index (κ1) is 23.9. The highest BCUT2D eigenvalue weighted by Gasteiger charge is 2.35. The monoisotopic (exact) mass is 459 g/mol. The average Bonchev–Trinajstić information content (AvgIpc) is 2.80. The lowest BCUT2D eigenvalue weighted by Crippen LogP contribution is -2.45. The van der Waals surface area contributed by atoms with Crippen molar-refractivity contribution in [3.05, 3.63) is 64.2 Å². The Balaban J connectivity index is 1.74. The molecule has 1 heterocycles. The van der Waals surface area contributed by atoms with Crippen molar-refractivity contribution < 1.29 is 18.1 Å². The van der Waals surface area contributed by atoms with E-state index in [1.165, 1.54) is 16.4 Å². The number of sulfonamides is 1. The van der Waals surface area contributed by atoms with Crippen molar-refractivity contribution in [2.45, 2.75) is 44.4 Å². The highest BCUT2D eigenvalue weighted by atomic mass is 32.2. The van der Waals surface area contributed by atoms with E-state index in [1.54, 1.807) is 6.92 Å². The average molecular weight is 460 g/mol. The Labute approximate surface area is 189 Å². The van der Waals surface area contributed by atoms with E-state index in [-0.39, 0.29) is 35.5 Å². The number of hydrogen-bond donors (Lipinski definition) is 0. The number of non-ortho nitro benzene ring substituents is 1. The molecule has 0 aliphatic carbocycles. The maximum Gasteiger partial charge on any atom is 0.270 e. The zero-order valence-corrected chi connectivity index (χ0v) is 19.3. The Morgan fingerprint density at radius 1 is 1.16 bits per heavy atom. The number of aryl methyl sites for hydroxylation is 1. The number of nitrogens with zero attached hydrogens (tertiary/aromatic N) is 3. The molecule has 9 heteroatoms. The van der Waals surface area contributed by atoms with Gasteiger partial charge in [-0.3, -0.25) is 14.9 Å². The number of rotatable bonds is 8. The Kier molecular flexibility index (Phi) is 7.63. The molecule has 8 nitrogen and oxygen atoms in total. The summed E-state index contributed by atoms with van der Waals surface area (Å²) in [5.41, 5.74) is 1.06. The normalized spacial score (nSPS) is 15.4. The molecule has 1 aliphatic heterocycles. The van der Waals surface area contributed by atoms with Crippen LogP contribution in [0.25, 0.3) is 0 Å². The van der Waals surface area contributed by atoms with E-state index in [0.29, 0.717) is 24.9 Å². The van der Waals surface area contributed by atoms with E-state index in [1.807, 2.05) is 35.2 Å². The van der Waals surface area contributed by atoms with Crippen LogP contribution in [0.4, 0.5) is 11.4 Å². The summed E-state index contributed by atoms with van der Waals surface area (Å²) in [5, 5.41) is 11.1. The van der Waals surface area contributed by atoms with E-state index in [9.17, 15) is 23.3 Å². The summed E-state index contributed by atoms with van der Waals surface area (Å²) in [6.45, 7) is 4.74. The first-order chi connectivity index (χ1) is 15.3. The highest BCUT2D eigenvalue weighted by molar-refractivity contribution is 7.89. The predicted octanol–water partition coefficient (Wildman–Crippen LogP) is 4.14. The van der Waals surface area contributed by atoms with Crippen LogP contribution >= 0.6 is 0 Å². The Hall–Kier alpha value is -2.78. The summed E-state index contributed by atoms with van der Waals surface area (Å²) in [4.78, 5) is 25.5. The van der Waals surface area contributed by atoms with Gasteiger partial charge < -0.3 is 4.90 Å². The fourth-order valence-corrected chi connectivity index (χ4v) is 5.69. The van der Waals surface area contributed by atoms with Crippen molar-refractivity contribution in [1.29, 1.82) is 0 Å². The molecule has 2 aromatic carbocycles. The molecule has 0 atom stereocenters. The summed E-state index contributed by atoms with van der Waals surface area (Å²) >= 11 is 0. The van der Waals surface area contributed by atoms with Crippen molar-refractivity contribution in [3.8, 4) is 0 Å². The number of carbonyl (C=O) groups excluding carboxylic acids is 1. The van der Waals surface area contributed by atoms with Gasteiger partial charge in [-0.15, -0.1) is 0 Å². The highest BCUT2D eigenvalue weighted by Crippen LogP contribution is 2.30. The third-order valence-corrected chi connectivity index (χ3v) is 7.91. The van der Waals surface area contributed by atoms with Gasteiger partial charge in [0, 0.05) is 43.4 Å². The molecule has 32 heavy (non-hydrogen) atoms. The molecular weight excluding hydrogens is 430 g/mol. The van der Waals surface area contributed by atoms with E-state index in [4.69, 9.17) is 0 Å². The maximum absolute atomic E-state index is 13.3. The topological polar surface area (TPSA) is 101 Å². The van der Waals surface area contributed by atoms with Crippen molar-refractivity contribution in [2.75, 3.05) is 24.5 Å². The van der Waals surface area contributed by atoms with Crippen LogP contribution in [-0.4, -0.2) is 43.2 Å². The molecule has 2 aromatic rings. The third-order valence-electron chi connectivity index (χ3n) is 5.87. The molecule has 0 radical (unpaired) electrons. The van der Waals surface area contributed by atoms with Gasteiger partial charge in [0.2, 0.25) is 15.9 Å². The van der Waals surface area contributed by atoms with Crippen LogP contribution in [0.15, 0.2) is 53.4 Å². The van der Waals surface area contributed by atoms with Crippen LogP contribution in [0.1, 0.15) is 38.2 Å². The lowest BCUT2D eigenvalue weighted by molar-refractivity contribution is -0.385. The second-order valence-corrected chi connectivity index (χ2v) is 9.97. The molecule has 3 rings (SSSR count). The van der Waals surface area contributed by atoms with Gasteiger partial charge in [-0.05, 0) is 43.9 Å². The zero-order valence-electron chi connectivity index (χ0n) is 18.4. The van der Waals surface area contributed by atoms with Gasteiger partial charge in [0.05, 0.1) is 9.82 Å². The number of nitro groups is 1. The fourth-order valence-electron chi connectivity index (χ4n) is 3.97. The van der Waals surface area contributed by atoms with E-state index in [0.717, 1.165) is 24.6 Å². The standard InChI is InChI=1S/C23H29N3O5S/c1-3-4-14-25(20-8-6-5-7-9-20)23(27)19-12-15-24(16-13-19)32(30,31)22-17-21(26(28)29)11-10-18(22)2/h5-11,17,19H,3-4,12-16H2,1-2H3. The Morgan fingerprint density at radius 3 is 2.41 bits per heavy atom. The molecule has 172 valence electrons. The molecular formula is C23H29N3O5S.